The van der Waals surface area contributed by atoms with Gasteiger partial charge in [0.1, 0.15) is 11.6 Å². The zero-order valence-corrected chi connectivity index (χ0v) is 14.6. The molecule has 0 fully saturated rings. The van der Waals surface area contributed by atoms with E-state index in [1.54, 1.807) is 13.8 Å². The average Bonchev–Trinajstić information content (AvgIpc) is 3.05. The molecular formula is C15H17FN4O4S. The minimum Gasteiger partial charge on any atom is -0.481 e. The van der Waals surface area contributed by atoms with E-state index in [0.717, 1.165) is 11.8 Å². The summed E-state index contributed by atoms with van der Waals surface area (Å²) in [7, 11) is 1.41. The fourth-order valence-electron chi connectivity index (χ4n) is 1.68. The van der Waals surface area contributed by atoms with E-state index in [9.17, 15) is 14.0 Å². The summed E-state index contributed by atoms with van der Waals surface area (Å²) in [5, 5.41) is 11.7. The molecule has 2 rings (SSSR count). The lowest BCUT2D eigenvalue weighted by Gasteiger charge is -2.10. The predicted octanol–water partition coefficient (Wildman–Crippen LogP) is 2.28. The van der Waals surface area contributed by atoms with Crippen molar-refractivity contribution in [2.75, 3.05) is 7.05 Å². The number of rotatable bonds is 6. The smallest absolute Gasteiger partial charge is 0.321 e. The molecule has 0 saturated heterocycles. The summed E-state index contributed by atoms with van der Waals surface area (Å²) in [5.41, 5.74) is 0. The Morgan fingerprint density at radius 3 is 2.56 bits per heavy atom. The van der Waals surface area contributed by atoms with Gasteiger partial charge in [-0.25, -0.2) is 9.18 Å². The van der Waals surface area contributed by atoms with Gasteiger partial charge in [-0.15, -0.1) is 10.2 Å². The minimum atomic E-state index is -0.612. The monoisotopic (exact) mass is 368 g/mol. The van der Waals surface area contributed by atoms with Crippen LogP contribution < -0.4 is 15.4 Å². The summed E-state index contributed by atoms with van der Waals surface area (Å²) in [5.74, 6) is -0.175. The second kappa shape index (κ2) is 8.47. The first-order valence-electron chi connectivity index (χ1n) is 7.34. The number of halogens is 1. The molecule has 2 N–H and O–H groups in total. The highest BCUT2D eigenvalue weighted by atomic mass is 32.2. The zero-order valence-electron chi connectivity index (χ0n) is 13.8. The van der Waals surface area contributed by atoms with E-state index in [-0.39, 0.29) is 16.9 Å². The summed E-state index contributed by atoms with van der Waals surface area (Å²) >= 11 is 1.01. The van der Waals surface area contributed by atoms with Crippen LogP contribution in [0.2, 0.25) is 0 Å². The van der Waals surface area contributed by atoms with Crippen molar-refractivity contribution in [2.24, 2.45) is 0 Å². The molecule has 0 aliphatic carbocycles. The van der Waals surface area contributed by atoms with Crippen LogP contribution in [0.4, 0.5) is 9.18 Å². The van der Waals surface area contributed by atoms with E-state index >= 15 is 0 Å². The fourth-order valence-corrected chi connectivity index (χ4v) is 2.37. The molecule has 0 unspecified atom stereocenters. The first-order chi connectivity index (χ1) is 11.9. The normalized spacial score (nSPS) is 13.0. The SMILES string of the molecule is CNC(=O)NC(=O)[C@@H](C)Sc1nnc([C@H](C)Oc2ccc(F)cc2)o1. The van der Waals surface area contributed by atoms with Crippen LogP contribution in [0.1, 0.15) is 25.8 Å². The molecule has 1 aromatic carbocycles. The van der Waals surface area contributed by atoms with Crippen LogP contribution in [0.25, 0.3) is 0 Å². The van der Waals surface area contributed by atoms with Gasteiger partial charge in [-0.05, 0) is 38.1 Å². The Balaban J connectivity index is 1.93. The Hall–Kier alpha value is -2.62. The molecule has 0 radical (unpaired) electrons. The number of hydrogen-bond donors (Lipinski definition) is 2. The number of imide groups is 1. The third kappa shape index (κ3) is 5.45. The van der Waals surface area contributed by atoms with Crippen LogP contribution in [0, 0.1) is 5.82 Å². The minimum absolute atomic E-state index is 0.170. The van der Waals surface area contributed by atoms with Gasteiger partial charge in [-0.1, -0.05) is 11.8 Å². The Morgan fingerprint density at radius 2 is 1.92 bits per heavy atom. The van der Waals surface area contributed by atoms with E-state index in [0.29, 0.717) is 5.75 Å². The van der Waals surface area contributed by atoms with Crippen LogP contribution in [0.5, 0.6) is 5.75 Å². The van der Waals surface area contributed by atoms with Crippen molar-refractivity contribution in [1.82, 2.24) is 20.8 Å². The Morgan fingerprint density at radius 1 is 1.24 bits per heavy atom. The molecule has 2 atom stereocenters. The molecule has 1 aromatic heterocycles. The van der Waals surface area contributed by atoms with Gasteiger partial charge in [0, 0.05) is 7.05 Å². The summed E-state index contributed by atoms with van der Waals surface area (Å²) in [4.78, 5) is 22.9. The molecule has 10 heteroatoms. The number of thioether (sulfide) groups is 1. The van der Waals surface area contributed by atoms with Crippen LogP contribution in [0.3, 0.4) is 0 Å². The van der Waals surface area contributed by atoms with Gasteiger partial charge in [0.15, 0.2) is 6.10 Å². The number of carbonyl (C=O) groups excluding carboxylic acids is 2. The summed E-state index contributed by atoms with van der Waals surface area (Å²) in [6.07, 6.45) is -0.553. The maximum atomic E-state index is 12.9. The number of benzene rings is 1. The highest BCUT2D eigenvalue weighted by Crippen LogP contribution is 2.26. The quantitative estimate of drug-likeness (QED) is 0.753. The first kappa shape index (κ1) is 18.7. The maximum Gasteiger partial charge on any atom is 0.321 e. The number of urea groups is 1. The lowest BCUT2D eigenvalue weighted by Crippen LogP contribution is -2.41. The summed E-state index contributed by atoms with van der Waals surface area (Å²) in [6, 6.07) is 4.95. The molecule has 1 heterocycles. The number of nitrogens with zero attached hydrogens (tertiary/aromatic N) is 2. The standard InChI is InChI=1S/C15H17FN4O4S/c1-8(23-11-6-4-10(16)5-7-11)13-19-20-15(24-13)25-9(2)12(21)18-14(22)17-3/h4-9H,1-3H3,(H2,17,18,21,22)/t8-,9+/m0/s1. The van der Waals surface area contributed by atoms with Gasteiger partial charge in [-0.2, -0.15) is 0 Å². The van der Waals surface area contributed by atoms with Gasteiger partial charge in [0.25, 0.3) is 11.1 Å². The topological polar surface area (TPSA) is 106 Å². The predicted molar refractivity (Wildman–Crippen MR) is 87.7 cm³/mol. The Labute approximate surface area is 147 Å². The van der Waals surface area contributed by atoms with E-state index in [1.165, 1.54) is 31.3 Å². The average molecular weight is 368 g/mol. The van der Waals surface area contributed by atoms with Crippen molar-refractivity contribution < 1.29 is 23.1 Å². The van der Waals surface area contributed by atoms with Crippen molar-refractivity contribution in [3.05, 3.63) is 36.0 Å². The number of hydrogen-bond acceptors (Lipinski definition) is 7. The highest BCUT2D eigenvalue weighted by Gasteiger charge is 2.21. The lowest BCUT2D eigenvalue weighted by molar-refractivity contribution is -0.119. The van der Waals surface area contributed by atoms with Crippen molar-refractivity contribution in [3.8, 4) is 5.75 Å². The van der Waals surface area contributed by atoms with Crippen molar-refractivity contribution in [3.63, 3.8) is 0 Å². The van der Waals surface area contributed by atoms with Gasteiger partial charge in [-0.3, -0.25) is 10.1 Å². The maximum absolute atomic E-state index is 12.9. The third-order valence-corrected chi connectivity index (χ3v) is 3.94. The van der Waals surface area contributed by atoms with Crippen LogP contribution >= 0.6 is 11.8 Å². The van der Waals surface area contributed by atoms with Gasteiger partial charge in [0.05, 0.1) is 5.25 Å². The van der Waals surface area contributed by atoms with Crippen LogP contribution in [-0.4, -0.2) is 34.4 Å². The molecule has 0 saturated carbocycles. The molecule has 8 nitrogen and oxygen atoms in total. The number of carbonyl (C=O) groups is 2. The molecule has 0 aliphatic rings. The molecule has 0 bridgehead atoms. The van der Waals surface area contributed by atoms with Crippen molar-refractivity contribution >= 4 is 23.7 Å². The summed E-state index contributed by atoms with van der Waals surface area (Å²) < 4.78 is 23.9. The highest BCUT2D eigenvalue weighted by molar-refractivity contribution is 8.00. The molecule has 0 aliphatic heterocycles. The third-order valence-electron chi connectivity index (χ3n) is 3.01. The number of amides is 3. The number of aromatic nitrogens is 2. The molecule has 2 aromatic rings. The second-order valence-electron chi connectivity index (χ2n) is 4.95. The number of ether oxygens (including phenoxy) is 1. The zero-order chi connectivity index (χ0) is 18.4. The second-order valence-corrected chi connectivity index (χ2v) is 6.24. The van der Waals surface area contributed by atoms with Gasteiger partial charge >= 0.3 is 6.03 Å². The molecule has 3 amide bonds. The van der Waals surface area contributed by atoms with Crippen molar-refractivity contribution in [2.45, 2.75) is 30.4 Å². The molecular weight excluding hydrogens is 351 g/mol. The van der Waals surface area contributed by atoms with Crippen LogP contribution in [0.15, 0.2) is 33.9 Å². The first-order valence-corrected chi connectivity index (χ1v) is 8.22. The lowest BCUT2D eigenvalue weighted by atomic mass is 10.3. The largest absolute Gasteiger partial charge is 0.481 e. The van der Waals surface area contributed by atoms with Gasteiger partial charge < -0.3 is 14.5 Å². The van der Waals surface area contributed by atoms with E-state index in [2.05, 4.69) is 20.8 Å². The summed E-state index contributed by atoms with van der Waals surface area (Å²) in [6.45, 7) is 3.30. The van der Waals surface area contributed by atoms with Gasteiger partial charge in [0.2, 0.25) is 5.91 Å². The Bertz CT molecular complexity index is 737. The molecule has 134 valence electrons. The Kier molecular flexibility index (Phi) is 6.34. The van der Waals surface area contributed by atoms with E-state index in [4.69, 9.17) is 9.15 Å². The molecule has 0 spiro atoms. The van der Waals surface area contributed by atoms with Crippen LogP contribution in [-0.2, 0) is 4.79 Å². The molecule has 25 heavy (non-hydrogen) atoms. The van der Waals surface area contributed by atoms with E-state index < -0.39 is 23.3 Å². The fraction of sp³-hybridized carbons (Fsp3) is 0.333. The number of nitrogens with one attached hydrogen (secondary N) is 2. The van der Waals surface area contributed by atoms with Crippen molar-refractivity contribution in [1.29, 1.82) is 0 Å². The van der Waals surface area contributed by atoms with E-state index in [1.807, 2.05) is 0 Å².